The Morgan fingerprint density at radius 1 is 1.05 bits per heavy atom. The number of methoxy groups -OCH3 is 1. The lowest BCUT2D eigenvalue weighted by Crippen LogP contribution is -2.26. The highest BCUT2D eigenvalue weighted by atomic mass is 16.5. The van der Waals surface area contributed by atoms with Crippen molar-refractivity contribution in [2.45, 2.75) is 0 Å². The van der Waals surface area contributed by atoms with Crippen LogP contribution >= 0.6 is 0 Å². The summed E-state index contributed by atoms with van der Waals surface area (Å²) in [6.45, 7) is 0.862. The van der Waals surface area contributed by atoms with Crippen molar-refractivity contribution in [2.24, 2.45) is 0 Å². The number of benzene rings is 2. The maximum Gasteiger partial charge on any atom is 0.244 e. The molecule has 0 radical (unpaired) electrons. The molecule has 2 rings (SSSR count). The number of hydrogen-bond donors (Lipinski definition) is 1. The number of hydrogen-bond acceptors (Lipinski definition) is 3. The summed E-state index contributed by atoms with van der Waals surface area (Å²) in [6, 6.07) is 17.0. The standard InChI is InChI=1S/C18H19NO3/c1-21-16-8-10-17(11-9-16)22-14-13-19-18(20)12-7-15-5-3-2-4-6-15/h2-12H,13-14H2,1H3,(H,19,20)/b12-7+. The molecule has 0 aliphatic rings. The highest BCUT2D eigenvalue weighted by Gasteiger charge is 1.97. The molecule has 1 N–H and O–H groups in total. The second-order valence-electron chi connectivity index (χ2n) is 4.56. The zero-order valence-electron chi connectivity index (χ0n) is 12.5. The first-order valence-electron chi connectivity index (χ1n) is 7.06. The molecule has 22 heavy (non-hydrogen) atoms. The molecule has 4 heteroatoms. The van der Waals surface area contributed by atoms with Crippen molar-refractivity contribution >= 4 is 12.0 Å². The van der Waals surface area contributed by atoms with Gasteiger partial charge in [-0.25, -0.2) is 0 Å². The third kappa shape index (κ3) is 5.32. The molecule has 0 bridgehead atoms. The van der Waals surface area contributed by atoms with Crippen molar-refractivity contribution in [3.63, 3.8) is 0 Å². The van der Waals surface area contributed by atoms with Gasteiger partial charge in [-0.3, -0.25) is 4.79 Å². The van der Waals surface area contributed by atoms with Crippen LogP contribution in [0.3, 0.4) is 0 Å². The predicted molar refractivity (Wildman–Crippen MR) is 87.0 cm³/mol. The number of ether oxygens (including phenoxy) is 2. The van der Waals surface area contributed by atoms with Gasteiger partial charge in [-0.2, -0.15) is 0 Å². The summed E-state index contributed by atoms with van der Waals surface area (Å²) in [4.78, 5) is 11.6. The summed E-state index contributed by atoms with van der Waals surface area (Å²) in [5.74, 6) is 1.39. The van der Waals surface area contributed by atoms with E-state index < -0.39 is 0 Å². The molecule has 1 amide bonds. The Bertz CT molecular complexity index is 606. The van der Waals surface area contributed by atoms with Crippen LogP contribution in [0, 0.1) is 0 Å². The second-order valence-corrected chi connectivity index (χ2v) is 4.56. The lowest BCUT2D eigenvalue weighted by Gasteiger charge is -2.07. The number of rotatable bonds is 7. The molecule has 0 unspecified atom stereocenters. The van der Waals surface area contributed by atoms with Crippen molar-refractivity contribution < 1.29 is 14.3 Å². The monoisotopic (exact) mass is 297 g/mol. The fourth-order valence-electron chi connectivity index (χ4n) is 1.81. The molecule has 0 saturated heterocycles. The first-order chi connectivity index (χ1) is 10.8. The second kappa shape index (κ2) is 8.52. The van der Waals surface area contributed by atoms with Gasteiger partial charge in [0.1, 0.15) is 18.1 Å². The zero-order valence-corrected chi connectivity index (χ0v) is 12.5. The fourth-order valence-corrected chi connectivity index (χ4v) is 1.81. The Hall–Kier alpha value is -2.75. The molecule has 114 valence electrons. The van der Waals surface area contributed by atoms with Crippen LogP contribution in [0.4, 0.5) is 0 Å². The molecule has 0 aromatic heterocycles. The van der Waals surface area contributed by atoms with Crippen LogP contribution in [-0.4, -0.2) is 26.2 Å². The van der Waals surface area contributed by atoms with Gasteiger partial charge in [0, 0.05) is 6.08 Å². The van der Waals surface area contributed by atoms with Crippen LogP contribution in [0.1, 0.15) is 5.56 Å². The predicted octanol–water partition coefficient (Wildman–Crippen LogP) is 2.90. The Labute approximate surface area is 130 Å². The molecule has 0 aliphatic heterocycles. The average molecular weight is 297 g/mol. The molecule has 2 aromatic carbocycles. The van der Waals surface area contributed by atoms with Crippen LogP contribution in [-0.2, 0) is 4.79 Å². The molecule has 2 aromatic rings. The van der Waals surface area contributed by atoms with E-state index in [1.165, 1.54) is 6.08 Å². The van der Waals surface area contributed by atoms with E-state index in [0.29, 0.717) is 13.2 Å². The van der Waals surface area contributed by atoms with E-state index in [0.717, 1.165) is 17.1 Å². The number of nitrogens with one attached hydrogen (secondary N) is 1. The maximum atomic E-state index is 11.6. The van der Waals surface area contributed by atoms with Gasteiger partial charge in [0.25, 0.3) is 0 Å². The van der Waals surface area contributed by atoms with Crippen molar-refractivity contribution in [1.29, 1.82) is 0 Å². The molecule has 0 spiro atoms. The fraction of sp³-hybridized carbons (Fsp3) is 0.167. The van der Waals surface area contributed by atoms with Gasteiger partial charge >= 0.3 is 0 Å². The van der Waals surface area contributed by atoms with E-state index >= 15 is 0 Å². The topological polar surface area (TPSA) is 47.6 Å². The van der Waals surface area contributed by atoms with E-state index in [9.17, 15) is 4.79 Å². The molecule has 0 aliphatic carbocycles. The summed E-state index contributed by atoms with van der Waals surface area (Å²) in [5.41, 5.74) is 0.993. The van der Waals surface area contributed by atoms with Crippen molar-refractivity contribution in [3.05, 3.63) is 66.2 Å². The summed E-state index contributed by atoms with van der Waals surface area (Å²) in [7, 11) is 1.62. The smallest absolute Gasteiger partial charge is 0.244 e. The average Bonchev–Trinajstić information content (AvgIpc) is 2.58. The SMILES string of the molecule is COc1ccc(OCCNC(=O)/C=C/c2ccccc2)cc1. The minimum Gasteiger partial charge on any atom is -0.497 e. The van der Waals surface area contributed by atoms with Gasteiger partial charge in [0.05, 0.1) is 13.7 Å². The highest BCUT2D eigenvalue weighted by Crippen LogP contribution is 2.16. The van der Waals surface area contributed by atoms with Crippen LogP contribution in [0.15, 0.2) is 60.7 Å². The van der Waals surface area contributed by atoms with Crippen molar-refractivity contribution in [1.82, 2.24) is 5.32 Å². The lowest BCUT2D eigenvalue weighted by molar-refractivity contribution is -0.116. The minimum atomic E-state index is -0.137. The molecule has 0 fully saturated rings. The molecule has 0 atom stereocenters. The first kappa shape index (κ1) is 15.6. The van der Waals surface area contributed by atoms with Crippen molar-refractivity contribution in [3.8, 4) is 11.5 Å². The number of carbonyl (C=O) groups is 1. The van der Waals surface area contributed by atoms with Gasteiger partial charge in [0.2, 0.25) is 5.91 Å². The van der Waals surface area contributed by atoms with Crippen LogP contribution in [0.2, 0.25) is 0 Å². The van der Waals surface area contributed by atoms with E-state index in [1.54, 1.807) is 13.2 Å². The Morgan fingerprint density at radius 3 is 2.41 bits per heavy atom. The summed E-state index contributed by atoms with van der Waals surface area (Å²) >= 11 is 0. The summed E-state index contributed by atoms with van der Waals surface area (Å²) in [5, 5.41) is 2.77. The normalized spacial score (nSPS) is 10.4. The minimum absolute atomic E-state index is 0.137. The van der Waals surface area contributed by atoms with Crippen LogP contribution in [0.5, 0.6) is 11.5 Å². The van der Waals surface area contributed by atoms with E-state index in [2.05, 4.69) is 5.32 Å². The largest absolute Gasteiger partial charge is 0.497 e. The van der Waals surface area contributed by atoms with E-state index in [1.807, 2.05) is 54.6 Å². The van der Waals surface area contributed by atoms with Crippen LogP contribution < -0.4 is 14.8 Å². The van der Waals surface area contributed by atoms with E-state index in [-0.39, 0.29) is 5.91 Å². The molecule has 4 nitrogen and oxygen atoms in total. The van der Waals surface area contributed by atoms with Gasteiger partial charge < -0.3 is 14.8 Å². The zero-order chi connectivity index (χ0) is 15.6. The maximum absolute atomic E-state index is 11.6. The Balaban J connectivity index is 1.67. The lowest BCUT2D eigenvalue weighted by atomic mass is 10.2. The first-order valence-corrected chi connectivity index (χ1v) is 7.06. The summed E-state index contributed by atoms with van der Waals surface area (Å²) < 4.78 is 10.6. The Morgan fingerprint density at radius 2 is 1.73 bits per heavy atom. The van der Waals surface area contributed by atoms with E-state index in [4.69, 9.17) is 9.47 Å². The molecule has 0 saturated carbocycles. The quantitative estimate of drug-likeness (QED) is 0.631. The summed E-state index contributed by atoms with van der Waals surface area (Å²) in [6.07, 6.45) is 3.29. The highest BCUT2D eigenvalue weighted by molar-refractivity contribution is 5.91. The third-order valence-corrected chi connectivity index (χ3v) is 2.96. The number of amides is 1. The van der Waals surface area contributed by atoms with Crippen molar-refractivity contribution in [2.75, 3.05) is 20.3 Å². The van der Waals surface area contributed by atoms with Gasteiger partial charge in [0.15, 0.2) is 0 Å². The molecule has 0 heterocycles. The third-order valence-electron chi connectivity index (χ3n) is 2.96. The molecular weight excluding hydrogens is 278 g/mol. The Kier molecular flexibility index (Phi) is 6.05. The number of carbonyl (C=O) groups excluding carboxylic acids is 1. The van der Waals surface area contributed by atoms with Gasteiger partial charge in [-0.05, 0) is 35.9 Å². The van der Waals surface area contributed by atoms with Gasteiger partial charge in [-0.1, -0.05) is 30.3 Å². The molecular formula is C18H19NO3. The van der Waals surface area contributed by atoms with Gasteiger partial charge in [-0.15, -0.1) is 0 Å². The van der Waals surface area contributed by atoms with Crippen LogP contribution in [0.25, 0.3) is 6.08 Å².